The molecular weight excluding hydrogens is 350 g/mol. The number of benzene rings is 2. The SMILES string of the molecule is CC(=O)c1c(Nc2ccccc2)n(-c2ccccc2)c2nc(C)ccc2c1=O. The molecular formula is C23H19N3O2. The predicted octanol–water partition coefficient (Wildman–Crippen LogP) is 4.64. The summed E-state index contributed by atoms with van der Waals surface area (Å²) in [4.78, 5) is 30.3. The highest BCUT2D eigenvalue weighted by Gasteiger charge is 2.22. The average molecular weight is 369 g/mol. The van der Waals surface area contributed by atoms with Crippen molar-refractivity contribution < 1.29 is 4.79 Å². The highest BCUT2D eigenvalue weighted by atomic mass is 16.1. The number of aromatic nitrogens is 2. The molecule has 0 aliphatic rings. The fourth-order valence-electron chi connectivity index (χ4n) is 3.28. The Kier molecular flexibility index (Phi) is 4.49. The number of ketones is 1. The number of nitrogens with zero attached hydrogens (tertiary/aromatic N) is 2. The van der Waals surface area contributed by atoms with Crippen LogP contribution < -0.4 is 10.7 Å². The highest BCUT2D eigenvalue weighted by Crippen LogP contribution is 2.27. The maximum atomic E-state index is 13.2. The summed E-state index contributed by atoms with van der Waals surface area (Å²) >= 11 is 0. The Bertz CT molecular complexity index is 1230. The number of carbonyl (C=O) groups is 1. The van der Waals surface area contributed by atoms with Crippen molar-refractivity contribution >= 4 is 28.3 Å². The maximum Gasteiger partial charge on any atom is 0.204 e. The molecule has 2 aromatic carbocycles. The average Bonchev–Trinajstić information content (AvgIpc) is 2.69. The van der Waals surface area contributed by atoms with Gasteiger partial charge in [0.1, 0.15) is 17.0 Å². The van der Waals surface area contributed by atoms with Crippen molar-refractivity contribution in [1.82, 2.24) is 9.55 Å². The number of anilines is 2. The summed E-state index contributed by atoms with van der Waals surface area (Å²) in [6.07, 6.45) is 0. The van der Waals surface area contributed by atoms with Crippen molar-refractivity contribution in [2.24, 2.45) is 0 Å². The van der Waals surface area contributed by atoms with Gasteiger partial charge in [0.05, 0.1) is 5.39 Å². The van der Waals surface area contributed by atoms with E-state index in [0.29, 0.717) is 16.9 Å². The maximum absolute atomic E-state index is 13.2. The quantitative estimate of drug-likeness (QED) is 0.532. The van der Waals surface area contributed by atoms with Gasteiger partial charge in [-0.05, 0) is 50.2 Å². The molecule has 0 fully saturated rings. The normalized spacial score (nSPS) is 10.8. The first-order valence-corrected chi connectivity index (χ1v) is 9.01. The minimum absolute atomic E-state index is 0.117. The fourth-order valence-corrected chi connectivity index (χ4v) is 3.28. The van der Waals surface area contributed by atoms with Crippen LogP contribution in [0.15, 0.2) is 77.6 Å². The highest BCUT2D eigenvalue weighted by molar-refractivity contribution is 6.03. The predicted molar refractivity (Wildman–Crippen MR) is 112 cm³/mol. The monoisotopic (exact) mass is 369 g/mol. The van der Waals surface area contributed by atoms with Crippen LogP contribution in [0.3, 0.4) is 0 Å². The van der Waals surface area contributed by atoms with Crippen molar-refractivity contribution in [2.75, 3.05) is 5.32 Å². The number of Topliss-reactive ketones (excluding diaryl/α,β-unsaturated/α-hetero) is 1. The molecule has 0 saturated heterocycles. The van der Waals surface area contributed by atoms with E-state index >= 15 is 0 Å². The first kappa shape index (κ1) is 17.7. The van der Waals surface area contributed by atoms with Crippen molar-refractivity contribution in [1.29, 1.82) is 0 Å². The topological polar surface area (TPSA) is 64.0 Å². The van der Waals surface area contributed by atoms with E-state index in [0.717, 1.165) is 17.1 Å². The van der Waals surface area contributed by atoms with Crippen LogP contribution >= 0.6 is 0 Å². The zero-order valence-electron chi connectivity index (χ0n) is 15.6. The van der Waals surface area contributed by atoms with E-state index in [2.05, 4.69) is 10.3 Å². The lowest BCUT2D eigenvalue weighted by molar-refractivity contribution is 0.101. The van der Waals surface area contributed by atoms with E-state index in [-0.39, 0.29) is 16.8 Å². The van der Waals surface area contributed by atoms with Gasteiger partial charge in [0.2, 0.25) is 5.43 Å². The van der Waals surface area contributed by atoms with Gasteiger partial charge in [-0.25, -0.2) is 4.98 Å². The van der Waals surface area contributed by atoms with Gasteiger partial charge in [0.25, 0.3) is 0 Å². The largest absolute Gasteiger partial charge is 0.341 e. The molecule has 4 aromatic rings. The number of nitrogens with one attached hydrogen (secondary N) is 1. The Morgan fingerprint density at radius 1 is 0.929 bits per heavy atom. The lowest BCUT2D eigenvalue weighted by Crippen LogP contribution is -2.22. The van der Waals surface area contributed by atoms with Crippen LogP contribution in [0.5, 0.6) is 0 Å². The molecule has 5 heteroatoms. The van der Waals surface area contributed by atoms with E-state index in [1.807, 2.05) is 72.2 Å². The molecule has 4 rings (SSSR count). The summed E-state index contributed by atoms with van der Waals surface area (Å²) < 4.78 is 1.84. The molecule has 0 spiro atoms. The number of para-hydroxylation sites is 2. The van der Waals surface area contributed by atoms with Gasteiger partial charge in [-0.3, -0.25) is 14.2 Å². The Hall–Kier alpha value is -3.73. The molecule has 0 radical (unpaired) electrons. The van der Waals surface area contributed by atoms with Crippen LogP contribution in [0.2, 0.25) is 0 Å². The first-order valence-electron chi connectivity index (χ1n) is 9.01. The van der Waals surface area contributed by atoms with Crippen molar-refractivity contribution in [3.63, 3.8) is 0 Å². The second kappa shape index (κ2) is 7.12. The Labute approximate surface area is 162 Å². The smallest absolute Gasteiger partial charge is 0.204 e. The molecule has 5 nitrogen and oxygen atoms in total. The number of aryl methyl sites for hydroxylation is 1. The van der Waals surface area contributed by atoms with E-state index in [4.69, 9.17) is 0 Å². The van der Waals surface area contributed by atoms with Crippen molar-refractivity contribution in [3.05, 3.63) is 94.3 Å². The molecule has 138 valence electrons. The lowest BCUT2D eigenvalue weighted by Gasteiger charge is -2.20. The molecule has 0 aliphatic heterocycles. The molecule has 0 atom stereocenters. The van der Waals surface area contributed by atoms with Crippen molar-refractivity contribution in [3.8, 4) is 5.69 Å². The molecule has 0 bridgehead atoms. The van der Waals surface area contributed by atoms with Crippen LogP contribution in [0.25, 0.3) is 16.7 Å². The van der Waals surface area contributed by atoms with Gasteiger partial charge in [-0.1, -0.05) is 36.4 Å². The van der Waals surface area contributed by atoms with Gasteiger partial charge < -0.3 is 5.32 Å². The molecule has 28 heavy (non-hydrogen) atoms. The minimum Gasteiger partial charge on any atom is -0.341 e. The number of pyridine rings is 2. The van der Waals surface area contributed by atoms with E-state index < -0.39 is 0 Å². The number of rotatable bonds is 4. The second-order valence-corrected chi connectivity index (χ2v) is 6.59. The zero-order valence-corrected chi connectivity index (χ0v) is 15.6. The molecule has 2 aromatic heterocycles. The lowest BCUT2D eigenvalue weighted by atomic mass is 10.1. The molecule has 0 unspecified atom stereocenters. The zero-order chi connectivity index (χ0) is 19.7. The summed E-state index contributed by atoms with van der Waals surface area (Å²) in [5.41, 5.74) is 2.69. The number of hydrogen-bond donors (Lipinski definition) is 1. The third-order valence-corrected chi connectivity index (χ3v) is 4.56. The third kappa shape index (κ3) is 3.07. The number of fused-ring (bicyclic) bond motifs is 1. The van der Waals surface area contributed by atoms with E-state index in [1.54, 1.807) is 12.1 Å². The summed E-state index contributed by atoms with van der Waals surface area (Å²) in [5, 5.41) is 3.69. The van der Waals surface area contributed by atoms with E-state index in [9.17, 15) is 9.59 Å². The third-order valence-electron chi connectivity index (χ3n) is 4.56. The van der Waals surface area contributed by atoms with Gasteiger partial charge in [-0.15, -0.1) is 0 Å². The molecule has 0 amide bonds. The Morgan fingerprint density at radius 2 is 1.57 bits per heavy atom. The summed E-state index contributed by atoms with van der Waals surface area (Å²) in [5.74, 6) is 0.121. The van der Waals surface area contributed by atoms with Crippen LogP contribution in [-0.2, 0) is 0 Å². The van der Waals surface area contributed by atoms with Crippen LogP contribution in [0, 0.1) is 6.92 Å². The Morgan fingerprint density at radius 3 is 2.21 bits per heavy atom. The van der Waals surface area contributed by atoms with Crippen molar-refractivity contribution in [2.45, 2.75) is 13.8 Å². The fraction of sp³-hybridized carbons (Fsp3) is 0.0870. The molecule has 1 N–H and O–H groups in total. The van der Waals surface area contributed by atoms with Gasteiger partial charge >= 0.3 is 0 Å². The van der Waals surface area contributed by atoms with Gasteiger partial charge in [-0.2, -0.15) is 0 Å². The Balaban J connectivity index is 2.16. The first-order chi connectivity index (χ1) is 13.6. The summed E-state index contributed by atoms with van der Waals surface area (Å²) in [6, 6.07) is 22.6. The number of carbonyl (C=O) groups excluding carboxylic acids is 1. The van der Waals surface area contributed by atoms with Crippen LogP contribution in [-0.4, -0.2) is 15.3 Å². The standard InChI is InChI=1S/C23H19N3O2/c1-15-13-14-19-21(28)20(16(2)27)23(25-17-9-5-3-6-10-17)26(22(19)24-15)18-11-7-4-8-12-18/h3-14,25H,1-2H3. The van der Waals surface area contributed by atoms with Crippen LogP contribution in [0.1, 0.15) is 23.0 Å². The van der Waals surface area contributed by atoms with E-state index in [1.165, 1.54) is 6.92 Å². The molecule has 0 saturated carbocycles. The molecule has 2 heterocycles. The number of hydrogen-bond acceptors (Lipinski definition) is 4. The summed E-state index contributed by atoms with van der Waals surface area (Å²) in [7, 11) is 0. The second-order valence-electron chi connectivity index (χ2n) is 6.59. The molecule has 0 aliphatic carbocycles. The van der Waals surface area contributed by atoms with Gasteiger partial charge in [0, 0.05) is 17.1 Å². The summed E-state index contributed by atoms with van der Waals surface area (Å²) in [6.45, 7) is 3.29. The van der Waals surface area contributed by atoms with Crippen LogP contribution in [0.4, 0.5) is 11.5 Å². The van der Waals surface area contributed by atoms with Gasteiger partial charge in [0.15, 0.2) is 5.78 Å². The minimum atomic E-state index is -0.319.